The van der Waals surface area contributed by atoms with Crippen LogP contribution in [0, 0.1) is 6.92 Å². The zero-order valence-corrected chi connectivity index (χ0v) is 10.3. The Labute approximate surface area is 105 Å². The van der Waals surface area contributed by atoms with Gasteiger partial charge in [-0.25, -0.2) is 9.97 Å². The lowest BCUT2D eigenvalue weighted by Gasteiger charge is -2.07. The SMILES string of the molecule is COc1cc(-n2c(C)nc3ccccc32)ccn1. The van der Waals surface area contributed by atoms with Crippen molar-refractivity contribution in [2.75, 3.05) is 7.11 Å². The van der Waals surface area contributed by atoms with E-state index in [4.69, 9.17) is 4.74 Å². The maximum Gasteiger partial charge on any atom is 0.215 e. The van der Waals surface area contributed by atoms with Gasteiger partial charge in [-0.1, -0.05) is 12.1 Å². The summed E-state index contributed by atoms with van der Waals surface area (Å²) in [5.74, 6) is 1.55. The molecule has 3 rings (SSSR count). The predicted octanol–water partition coefficient (Wildman–Crippen LogP) is 2.74. The van der Waals surface area contributed by atoms with E-state index in [1.165, 1.54) is 0 Å². The van der Waals surface area contributed by atoms with Crippen molar-refractivity contribution >= 4 is 11.0 Å². The summed E-state index contributed by atoms with van der Waals surface area (Å²) in [4.78, 5) is 8.67. The number of hydrogen-bond donors (Lipinski definition) is 0. The van der Waals surface area contributed by atoms with Gasteiger partial charge in [0.05, 0.1) is 23.8 Å². The van der Waals surface area contributed by atoms with Gasteiger partial charge in [-0.05, 0) is 25.1 Å². The van der Waals surface area contributed by atoms with E-state index in [2.05, 4.69) is 20.6 Å². The minimum Gasteiger partial charge on any atom is -0.481 e. The zero-order chi connectivity index (χ0) is 12.5. The van der Waals surface area contributed by atoms with Crippen molar-refractivity contribution in [2.45, 2.75) is 6.92 Å². The molecule has 4 heteroatoms. The van der Waals surface area contributed by atoms with Gasteiger partial charge in [-0.2, -0.15) is 0 Å². The maximum absolute atomic E-state index is 5.16. The van der Waals surface area contributed by atoms with Crippen LogP contribution in [0.3, 0.4) is 0 Å². The molecule has 2 heterocycles. The Morgan fingerprint density at radius 1 is 1.17 bits per heavy atom. The number of methoxy groups -OCH3 is 1. The van der Waals surface area contributed by atoms with Gasteiger partial charge in [0.2, 0.25) is 5.88 Å². The van der Waals surface area contributed by atoms with Crippen LogP contribution in [0.25, 0.3) is 16.7 Å². The van der Waals surface area contributed by atoms with Crippen LogP contribution < -0.4 is 4.74 Å². The Hall–Kier alpha value is -2.36. The van der Waals surface area contributed by atoms with Gasteiger partial charge < -0.3 is 4.74 Å². The van der Waals surface area contributed by atoms with Gasteiger partial charge in [0, 0.05) is 12.3 Å². The number of hydrogen-bond acceptors (Lipinski definition) is 3. The van der Waals surface area contributed by atoms with Crippen LogP contribution in [0.4, 0.5) is 0 Å². The molecule has 2 aromatic heterocycles. The van der Waals surface area contributed by atoms with Crippen molar-refractivity contribution in [1.82, 2.24) is 14.5 Å². The van der Waals surface area contributed by atoms with Crippen LogP contribution in [0.5, 0.6) is 5.88 Å². The minimum atomic E-state index is 0.602. The molecule has 0 amide bonds. The number of pyridine rings is 1. The van der Waals surface area contributed by atoms with Crippen molar-refractivity contribution in [1.29, 1.82) is 0 Å². The maximum atomic E-state index is 5.16. The molecule has 0 atom stereocenters. The third-order valence-electron chi connectivity index (χ3n) is 2.91. The van der Waals surface area contributed by atoms with Gasteiger partial charge in [-0.15, -0.1) is 0 Å². The van der Waals surface area contributed by atoms with E-state index < -0.39 is 0 Å². The van der Waals surface area contributed by atoms with E-state index in [0.717, 1.165) is 22.5 Å². The standard InChI is InChI=1S/C14H13N3O/c1-10-16-12-5-3-4-6-13(12)17(10)11-7-8-15-14(9-11)18-2/h3-9H,1-2H3. The molecule has 0 saturated heterocycles. The van der Waals surface area contributed by atoms with E-state index >= 15 is 0 Å². The molecule has 0 bridgehead atoms. The number of aromatic nitrogens is 3. The summed E-state index contributed by atoms with van der Waals surface area (Å²) in [6, 6.07) is 11.9. The summed E-state index contributed by atoms with van der Waals surface area (Å²) in [5, 5.41) is 0. The topological polar surface area (TPSA) is 39.9 Å². The Morgan fingerprint density at radius 2 is 2.00 bits per heavy atom. The molecule has 1 aromatic carbocycles. The van der Waals surface area contributed by atoms with Crippen LogP contribution in [-0.2, 0) is 0 Å². The van der Waals surface area contributed by atoms with E-state index in [-0.39, 0.29) is 0 Å². The average Bonchev–Trinajstić information content (AvgIpc) is 2.74. The number of benzene rings is 1. The molecule has 0 radical (unpaired) electrons. The summed E-state index contributed by atoms with van der Waals surface area (Å²) in [6.07, 6.45) is 1.74. The third kappa shape index (κ3) is 1.62. The van der Waals surface area contributed by atoms with Crippen LogP contribution in [-0.4, -0.2) is 21.6 Å². The second kappa shape index (κ2) is 4.14. The number of imidazole rings is 1. The van der Waals surface area contributed by atoms with Gasteiger partial charge in [-0.3, -0.25) is 4.57 Å². The molecule has 0 unspecified atom stereocenters. The van der Waals surface area contributed by atoms with Crippen LogP contribution >= 0.6 is 0 Å². The van der Waals surface area contributed by atoms with Crippen molar-refractivity contribution in [3.8, 4) is 11.6 Å². The van der Waals surface area contributed by atoms with Gasteiger partial charge in [0.25, 0.3) is 0 Å². The van der Waals surface area contributed by atoms with Crippen LogP contribution in [0.2, 0.25) is 0 Å². The summed E-state index contributed by atoms with van der Waals surface area (Å²) in [5.41, 5.74) is 3.09. The zero-order valence-electron chi connectivity index (χ0n) is 10.3. The highest BCUT2D eigenvalue weighted by Crippen LogP contribution is 2.22. The average molecular weight is 239 g/mol. The Kier molecular flexibility index (Phi) is 2.48. The highest BCUT2D eigenvalue weighted by atomic mass is 16.5. The Balaban J connectivity index is 2.27. The van der Waals surface area contributed by atoms with Crippen molar-refractivity contribution in [2.24, 2.45) is 0 Å². The Bertz CT molecular complexity index is 703. The molecule has 0 N–H and O–H groups in total. The molecule has 0 aliphatic heterocycles. The number of nitrogens with zero attached hydrogens (tertiary/aromatic N) is 3. The summed E-state index contributed by atoms with van der Waals surface area (Å²) in [6.45, 7) is 1.99. The van der Waals surface area contributed by atoms with E-state index in [1.54, 1.807) is 13.3 Å². The highest BCUT2D eigenvalue weighted by molar-refractivity contribution is 5.78. The molecule has 0 spiro atoms. The van der Waals surface area contributed by atoms with Crippen molar-refractivity contribution < 1.29 is 4.74 Å². The monoisotopic (exact) mass is 239 g/mol. The first-order valence-electron chi connectivity index (χ1n) is 5.74. The lowest BCUT2D eigenvalue weighted by atomic mass is 10.3. The fourth-order valence-electron chi connectivity index (χ4n) is 2.12. The van der Waals surface area contributed by atoms with Gasteiger partial charge in [0.1, 0.15) is 5.82 Å². The first-order valence-corrected chi connectivity index (χ1v) is 5.74. The second-order valence-electron chi connectivity index (χ2n) is 4.04. The van der Waals surface area contributed by atoms with Gasteiger partial charge in [0.15, 0.2) is 0 Å². The molecule has 0 fully saturated rings. The quantitative estimate of drug-likeness (QED) is 0.690. The van der Waals surface area contributed by atoms with Crippen LogP contribution in [0.1, 0.15) is 5.82 Å². The lowest BCUT2D eigenvalue weighted by Crippen LogP contribution is -1.98. The lowest BCUT2D eigenvalue weighted by molar-refractivity contribution is 0.397. The molecule has 0 aliphatic carbocycles. The molecule has 4 nitrogen and oxygen atoms in total. The number of aryl methyl sites for hydroxylation is 1. The second-order valence-corrected chi connectivity index (χ2v) is 4.04. The fraction of sp³-hybridized carbons (Fsp3) is 0.143. The van der Waals surface area contributed by atoms with Crippen molar-refractivity contribution in [3.63, 3.8) is 0 Å². The summed E-state index contributed by atoms with van der Waals surface area (Å²) < 4.78 is 7.26. The van der Waals surface area contributed by atoms with Gasteiger partial charge >= 0.3 is 0 Å². The molecule has 0 saturated carbocycles. The Morgan fingerprint density at radius 3 is 2.83 bits per heavy atom. The molecule has 90 valence electrons. The first-order chi connectivity index (χ1) is 8.79. The molecular formula is C14H13N3O. The van der Waals surface area contributed by atoms with Crippen molar-refractivity contribution in [3.05, 3.63) is 48.4 Å². The normalized spacial score (nSPS) is 10.8. The number of fused-ring (bicyclic) bond motifs is 1. The summed E-state index contributed by atoms with van der Waals surface area (Å²) in [7, 11) is 1.62. The largest absolute Gasteiger partial charge is 0.481 e. The minimum absolute atomic E-state index is 0.602. The number of rotatable bonds is 2. The molecule has 3 aromatic rings. The summed E-state index contributed by atoms with van der Waals surface area (Å²) >= 11 is 0. The molecule has 0 aliphatic rings. The molecule has 18 heavy (non-hydrogen) atoms. The molecular weight excluding hydrogens is 226 g/mol. The number of ether oxygens (including phenoxy) is 1. The number of para-hydroxylation sites is 2. The van der Waals surface area contributed by atoms with Crippen LogP contribution in [0.15, 0.2) is 42.6 Å². The van der Waals surface area contributed by atoms with E-state index in [9.17, 15) is 0 Å². The fourth-order valence-corrected chi connectivity index (χ4v) is 2.12. The smallest absolute Gasteiger partial charge is 0.215 e. The first kappa shape index (κ1) is 10.8. The third-order valence-corrected chi connectivity index (χ3v) is 2.91. The highest BCUT2D eigenvalue weighted by Gasteiger charge is 2.09. The predicted molar refractivity (Wildman–Crippen MR) is 70.2 cm³/mol. The van der Waals surface area contributed by atoms with E-state index in [1.807, 2.05) is 37.3 Å². The van der Waals surface area contributed by atoms with E-state index in [0.29, 0.717) is 5.88 Å².